The molecule has 2 heterocycles. The van der Waals surface area contributed by atoms with Gasteiger partial charge < -0.3 is 15.5 Å². The largest absolute Gasteiger partial charge is 0.371 e. The lowest BCUT2D eigenvalue weighted by Crippen LogP contribution is -2.45. The van der Waals surface area contributed by atoms with Crippen LogP contribution in [-0.4, -0.2) is 37.5 Å². The van der Waals surface area contributed by atoms with Crippen LogP contribution in [0.4, 0.5) is 10.1 Å². The van der Waals surface area contributed by atoms with Crippen LogP contribution in [-0.2, 0) is 4.79 Å². The Bertz CT molecular complexity index is 726. The molecule has 1 aliphatic heterocycles. The van der Waals surface area contributed by atoms with Gasteiger partial charge in [0.1, 0.15) is 5.82 Å². The summed E-state index contributed by atoms with van der Waals surface area (Å²) in [7, 11) is 0. The molecule has 7 heteroatoms. The molecule has 0 radical (unpaired) electrons. The van der Waals surface area contributed by atoms with E-state index in [1.807, 2.05) is 5.38 Å². The zero-order chi connectivity index (χ0) is 18.4. The number of halogens is 1. The van der Waals surface area contributed by atoms with Crippen LogP contribution < -0.4 is 15.5 Å². The molecule has 1 aromatic heterocycles. The van der Waals surface area contributed by atoms with Gasteiger partial charge in [-0.1, -0.05) is 0 Å². The zero-order valence-electron chi connectivity index (χ0n) is 14.4. The van der Waals surface area contributed by atoms with Gasteiger partial charge >= 0.3 is 0 Å². The molecule has 0 saturated carbocycles. The van der Waals surface area contributed by atoms with Gasteiger partial charge in [-0.2, -0.15) is 11.3 Å². The number of nitrogens with zero attached hydrogens (tertiary/aromatic N) is 1. The summed E-state index contributed by atoms with van der Waals surface area (Å²) in [6.45, 7) is 1.98. The summed E-state index contributed by atoms with van der Waals surface area (Å²) in [4.78, 5) is 26.1. The number of carbonyl (C=O) groups excluding carboxylic acids is 2. The molecule has 2 aromatic rings. The number of anilines is 1. The smallest absolute Gasteiger partial charge is 0.252 e. The molecule has 1 fully saturated rings. The number of amides is 2. The monoisotopic (exact) mass is 375 g/mol. The van der Waals surface area contributed by atoms with Gasteiger partial charge in [0.2, 0.25) is 5.91 Å². The fourth-order valence-corrected chi connectivity index (χ4v) is 3.66. The summed E-state index contributed by atoms with van der Waals surface area (Å²) in [6.07, 6.45) is 1.98. The lowest BCUT2D eigenvalue weighted by atomic mass is 10.0. The predicted molar refractivity (Wildman–Crippen MR) is 101 cm³/mol. The van der Waals surface area contributed by atoms with Crippen LogP contribution in [0.25, 0.3) is 0 Å². The van der Waals surface area contributed by atoms with Crippen LogP contribution in [0.5, 0.6) is 0 Å². The summed E-state index contributed by atoms with van der Waals surface area (Å²) in [5.41, 5.74) is 1.64. The SMILES string of the molecule is O=C(CCNC(=O)c1ccsc1)NC1CCN(c2ccc(F)cc2)CC1. The first kappa shape index (κ1) is 18.4. The van der Waals surface area contributed by atoms with Gasteiger partial charge in [-0.15, -0.1) is 0 Å². The maximum Gasteiger partial charge on any atom is 0.252 e. The van der Waals surface area contributed by atoms with E-state index in [9.17, 15) is 14.0 Å². The van der Waals surface area contributed by atoms with Crippen molar-refractivity contribution in [2.24, 2.45) is 0 Å². The molecule has 26 heavy (non-hydrogen) atoms. The molecule has 1 aromatic carbocycles. The van der Waals surface area contributed by atoms with Gasteiger partial charge in [0.05, 0.1) is 0 Å². The number of carbonyl (C=O) groups is 2. The van der Waals surface area contributed by atoms with E-state index in [-0.39, 0.29) is 30.1 Å². The fourth-order valence-electron chi connectivity index (χ4n) is 3.02. The first-order chi connectivity index (χ1) is 12.6. The Morgan fingerprint density at radius 3 is 2.54 bits per heavy atom. The van der Waals surface area contributed by atoms with Crippen LogP contribution in [0.15, 0.2) is 41.1 Å². The molecule has 0 aliphatic carbocycles. The quantitative estimate of drug-likeness (QED) is 0.816. The number of hydrogen-bond donors (Lipinski definition) is 2. The molecule has 2 amide bonds. The molecule has 0 spiro atoms. The highest BCUT2D eigenvalue weighted by Crippen LogP contribution is 2.20. The summed E-state index contributed by atoms with van der Waals surface area (Å²) in [5.74, 6) is -0.426. The van der Waals surface area contributed by atoms with Crippen molar-refractivity contribution in [1.29, 1.82) is 0 Å². The number of hydrogen-bond acceptors (Lipinski definition) is 4. The molecule has 1 saturated heterocycles. The van der Waals surface area contributed by atoms with Gasteiger partial charge in [-0.25, -0.2) is 4.39 Å². The molecule has 0 atom stereocenters. The standard InChI is InChI=1S/C19H22FN3O2S/c20-15-1-3-17(4-2-15)23-10-6-16(7-11-23)22-18(24)5-9-21-19(25)14-8-12-26-13-14/h1-4,8,12-13,16H,5-7,9-11H2,(H,21,25)(H,22,24). The number of nitrogens with one attached hydrogen (secondary N) is 2. The molecule has 0 unspecified atom stereocenters. The maximum absolute atomic E-state index is 13.0. The number of benzene rings is 1. The molecule has 2 N–H and O–H groups in total. The van der Waals surface area contributed by atoms with E-state index in [0.29, 0.717) is 12.1 Å². The summed E-state index contributed by atoms with van der Waals surface area (Å²) in [6, 6.07) is 8.40. The van der Waals surface area contributed by atoms with Crippen LogP contribution >= 0.6 is 11.3 Å². The van der Waals surface area contributed by atoms with Crippen molar-refractivity contribution in [2.45, 2.75) is 25.3 Å². The average molecular weight is 375 g/mol. The van der Waals surface area contributed by atoms with Gasteiger partial charge in [0, 0.05) is 48.7 Å². The zero-order valence-corrected chi connectivity index (χ0v) is 15.2. The third kappa shape index (κ3) is 5.05. The molecular weight excluding hydrogens is 353 g/mol. The van der Waals surface area contributed by atoms with Crippen molar-refractivity contribution in [3.8, 4) is 0 Å². The Morgan fingerprint density at radius 1 is 1.15 bits per heavy atom. The van der Waals surface area contributed by atoms with Gasteiger partial charge in [0.15, 0.2) is 0 Å². The molecular formula is C19H22FN3O2S. The molecule has 0 bridgehead atoms. The summed E-state index contributed by atoms with van der Waals surface area (Å²) in [5, 5.41) is 9.42. The Labute approximate surface area is 156 Å². The summed E-state index contributed by atoms with van der Waals surface area (Å²) >= 11 is 1.47. The maximum atomic E-state index is 13.0. The van der Waals surface area contributed by atoms with Crippen molar-refractivity contribution in [1.82, 2.24) is 10.6 Å². The van der Waals surface area contributed by atoms with Gasteiger partial charge in [-0.3, -0.25) is 9.59 Å². The van der Waals surface area contributed by atoms with Crippen molar-refractivity contribution in [3.05, 3.63) is 52.5 Å². The summed E-state index contributed by atoms with van der Waals surface area (Å²) < 4.78 is 13.0. The van der Waals surface area contributed by atoms with E-state index in [2.05, 4.69) is 15.5 Å². The van der Waals surface area contributed by atoms with Crippen LogP contribution in [0.3, 0.4) is 0 Å². The van der Waals surface area contributed by atoms with Crippen molar-refractivity contribution >= 4 is 28.8 Å². The van der Waals surface area contributed by atoms with E-state index in [1.165, 1.54) is 23.5 Å². The lowest BCUT2D eigenvalue weighted by Gasteiger charge is -2.34. The second kappa shape index (κ2) is 8.80. The van der Waals surface area contributed by atoms with E-state index >= 15 is 0 Å². The second-order valence-corrected chi connectivity index (χ2v) is 7.10. The van der Waals surface area contributed by atoms with E-state index in [1.54, 1.807) is 23.6 Å². The van der Waals surface area contributed by atoms with E-state index in [0.717, 1.165) is 31.6 Å². The number of rotatable bonds is 6. The van der Waals surface area contributed by atoms with Crippen molar-refractivity contribution < 1.29 is 14.0 Å². The normalized spacial score (nSPS) is 14.9. The van der Waals surface area contributed by atoms with Gasteiger partial charge in [0.25, 0.3) is 5.91 Å². The van der Waals surface area contributed by atoms with Crippen LogP contribution in [0.2, 0.25) is 0 Å². The number of piperidine rings is 1. The third-order valence-corrected chi connectivity index (χ3v) is 5.16. The third-order valence-electron chi connectivity index (χ3n) is 4.47. The highest BCUT2D eigenvalue weighted by Gasteiger charge is 2.20. The van der Waals surface area contributed by atoms with Crippen molar-refractivity contribution in [2.75, 3.05) is 24.5 Å². The van der Waals surface area contributed by atoms with Crippen molar-refractivity contribution in [3.63, 3.8) is 0 Å². The van der Waals surface area contributed by atoms with Gasteiger partial charge in [-0.05, 0) is 48.6 Å². The minimum absolute atomic E-state index is 0.0455. The Morgan fingerprint density at radius 2 is 1.88 bits per heavy atom. The Hall–Kier alpha value is -2.41. The minimum Gasteiger partial charge on any atom is -0.371 e. The molecule has 3 rings (SSSR count). The Balaban J connectivity index is 1.35. The topological polar surface area (TPSA) is 61.4 Å². The van der Waals surface area contributed by atoms with Crippen LogP contribution in [0, 0.1) is 5.82 Å². The highest BCUT2D eigenvalue weighted by atomic mass is 32.1. The average Bonchev–Trinajstić information content (AvgIpc) is 3.18. The lowest BCUT2D eigenvalue weighted by molar-refractivity contribution is -0.121. The molecule has 1 aliphatic rings. The minimum atomic E-state index is -0.234. The van der Waals surface area contributed by atoms with E-state index in [4.69, 9.17) is 0 Å². The second-order valence-electron chi connectivity index (χ2n) is 6.32. The highest BCUT2D eigenvalue weighted by molar-refractivity contribution is 7.08. The Kier molecular flexibility index (Phi) is 6.22. The van der Waals surface area contributed by atoms with Crippen LogP contribution in [0.1, 0.15) is 29.6 Å². The number of thiophene rings is 1. The predicted octanol–water partition coefficient (Wildman–Crippen LogP) is 2.79. The molecule has 138 valence electrons. The fraction of sp³-hybridized carbons (Fsp3) is 0.368. The van der Waals surface area contributed by atoms with E-state index < -0.39 is 0 Å². The molecule has 5 nitrogen and oxygen atoms in total. The first-order valence-electron chi connectivity index (χ1n) is 8.72. The first-order valence-corrected chi connectivity index (χ1v) is 9.66.